The molecule has 0 aliphatic heterocycles. The molecule has 6 heteroatoms. The number of guanidine groups is 1. The zero-order valence-corrected chi connectivity index (χ0v) is 14.3. The normalized spacial score (nSPS) is 11.4. The third kappa shape index (κ3) is 7.83. The van der Waals surface area contributed by atoms with Gasteiger partial charge in [-0.1, -0.05) is 6.07 Å². The molecule has 0 heterocycles. The van der Waals surface area contributed by atoms with E-state index in [9.17, 15) is 4.39 Å². The van der Waals surface area contributed by atoms with Gasteiger partial charge in [-0.15, -0.1) is 0 Å². The Morgan fingerprint density at radius 3 is 2.65 bits per heavy atom. The highest BCUT2D eigenvalue weighted by atomic mass is 19.1. The van der Waals surface area contributed by atoms with Crippen LogP contribution in [0.4, 0.5) is 4.39 Å². The van der Waals surface area contributed by atoms with Crippen LogP contribution in [0.25, 0.3) is 0 Å². The Kier molecular flexibility index (Phi) is 9.79. The van der Waals surface area contributed by atoms with Gasteiger partial charge in [0.05, 0.1) is 13.2 Å². The number of benzene rings is 1. The number of aliphatic imine (C=N–C) groups is 1. The van der Waals surface area contributed by atoms with Crippen molar-refractivity contribution in [2.24, 2.45) is 4.99 Å². The van der Waals surface area contributed by atoms with E-state index in [0.29, 0.717) is 13.2 Å². The maximum atomic E-state index is 13.8. The lowest BCUT2D eigenvalue weighted by molar-refractivity contribution is 0.145. The molecule has 1 rings (SSSR count). The van der Waals surface area contributed by atoms with Crippen LogP contribution in [0.15, 0.2) is 23.2 Å². The van der Waals surface area contributed by atoms with Crippen LogP contribution in [0.5, 0.6) is 5.75 Å². The second-order valence-corrected chi connectivity index (χ2v) is 4.87. The van der Waals surface area contributed by atoms with Crippen LogP contribution in [-0.4, -0.2) is 38.9 Å². The number of rotatable bonds is 10. The third-order valence-electron chi connectivity index (χ3n) is 3.02. The Morgan fingerprint density at radius 2 is 2.00 bits per heavy atom. The highest BCUT2D eigenvalue weighted by Crippen LogP contribution is 2.18. The molecule has 23 heavy (non-hydrogen) atoms. The Balaban J connectivity index is 2.53. The average molecular weight is 325 g/mol. The number of halogens is 1. The molecule has 130 valence electrons. The molecule has 0 aliphatic rings. The van der Waals surface area contributed by atoms with E-state index in [-0.39, 0.29) is 11.6 Å². The molecule has 0 atom stereocenters. The first kappa shape index (κ1) is 19.2. The van der Waals surface area contributed by atoms with Gasteiger partial charge in [-0.05, 0) is 44.9 Å². The van der Waals surface area contributed by atoms with Crippen LogP contribution in [0.2, 0.25) is 0 Å². The van der Waals surface area contributed by atoms with Gasteiger partial charge in [-0.3, -0.25) is 0 Å². The lowest BCUT2D eigenvalue weighted by atomic mass is 10.2. The highest BCUT2D eigenvalue weighted by molar-refractivity contribution is 5.79. The quantitative estimate of drug-likeness (QED) is 0.394. The van der Waals surface area contributed by atoms with Gasteiger partial charge >= 0.3 is 0 Å². The molecule has 0 saturated carbocycles. The fourth-order valence-corrected chi connectivity index (χ4v) is 1.95. The van der Waals surface area contributed by atoms with Crippen molar-refractivity contribution in [1.82, 2.24) is 10.6 Å². The van der Waals surface area contributed by atoms with Crippen molar-refractivity contribution in [2.75, 3.05) is 32.9 Å². The average Bonchev–Trinajstić information content (AvgIpc) is 2.54. The Bertz CT molecular complexity index is 481. The summed E-state index contributed by atoms with van der Waals surface area (Å²) in [6, 6.07) is 4.94. The topological polar surface area (TPSA) is 54.9 Å². The number of hydrogen-bond donors (Lipinski definition) is 2. The summed E-state index contributed by atoms with van der Waals surface area (Å²) in [6.45, 7) is 9.69. The second-order valence-electron chi connectivity index (χ2n) is 4.87. The monoisotopic (exact) mass is 325 g/mol. The molecule has 0 spiro atoms. The Morgan fingerprint density at radius 1 is 1.17 bits per heavy atom. The summed E-state index contributed by atoms with van der Waals surface area (Å²) in [5, 5.41) is 6.41. The molecular weight excluding hydrogens is 297 g/mol. The number of ether oxygens (including phenoxy) is 2. The van der Waals surface area contributed by atoms with Gasteiger partial charge in [0.25, 0.3) is 0 Å². The standard InChI is InChI=1S/C17H28FN3O2/c1-4-19-17(20-10-7-11-22-5-2)21-13-14-8-9-16(23-6-3)15(18)12-14/h8-9,12H,4-7,10-11,13H2,1-3H3,(H2,19,20,21). The summed E-state index contributed by atoms with van der Waals surface area (Å²) in [4.78, 5) is 4.46. The molecule has 2 N–H and O–H groups in total. The molecule has 0 bridgehead atoms. The van der Waals surface area contributed by atoms with E-state index in [1.54, 1.807) is 6.07 Å². The zero-order valence-electron chi connectivity index (χ0n) is 14.3. The van der Waals surface area contributed by atoms with E-state index in [2.05, 4.69) is 15.6 Å². The fraction of sp³-hybridized carbons (Fsp3) is 0.588. The molecule has 0 unspecified atom stereocenters. The highest BCUT2D eigenvalue weighted by Gasteiger charge is 2.04. The molecule has 1 aromatic rings. The van der Waals surface area contributed by atoms with Crippen molar-refractivity contribution in [3.05, 3.63) is 29.6 Å². The van der Waals surface area contributed by atoms with Gasteiger partial charge in [-0.25, -0.2) is 9.38 Å². The van der Waals surface area contributed by atoms with Crippen molar-refractivity contribution in [3.63, 3.8) is 0 Å². The fourth-order valence-electron chi connectivity index (χ4n) is 1.95. The van der Waals surface area contributed by atoms with Gasteiger partial charge in [0.2, 0.25) is 0 Å². The van der Waals surface area contributed by atoms with Gasteiger partial charge in [0, 0.05) is 26.3 Å². The zero-order chi connectivity index (χ0) is 16.9. The predicted molar refractivity (Wildman–Crippen MR) is 91.5 cm³/mol. The van der Waals surface area contributed by atoms with Crippen LogP contribution < -0.4 is 15.4 Å². The van der Waals surface area contributed by atoms with Gasteiger partial charge in [0.1, 0.15) is 0 Å². The first-order chi connectivity index (χ1) is 11.2. The largest absolute Gasteiger partial charge is 0.491 e. The maximum absolute atomic E-state index is 13.8. The van der Waals surface area contributed by atoms with Crippen LogP contribution in [0, 0.1) is 5.82 Å². The first-order valence-electron chi connectivity index (χ1n) is 8.22. The molecule has 0 aliphatic carbocycles. The van der Waals surface area contributed by atoms with Crippen LogP contribution in [0.1, 0.15) is 32.8 Å². The van der Waals surface area contributed by atoms with Gasteiger partial charge < -0.3 is 20.1 Å². The van der Waals surface area contributed by atoms with Crippen molar-refractivity contribution < 1.29 is 13.9 Å². The van der Waals surface area contributed by atoms with Crippen molar-refractivity contribution in [3.8, 4) is 5.75 Å². The number of nitrogens with one attached hydrogen (secondary N) is 2. The van der Waals surface area contributed by atoms with E-state index in [1.807, 2.05) is 26.8 Å². The molecular formula is C17H28FN3O2. The van der Waals surface area contributed by atoms with E-state index >= 15 is 0 Å². The minimum absolute atomic E-state index is 0.279. The van der Waals surface area contributed by atoms with Crippen molar-refractivity contribution in [1.29, 1.82) is 0 Å². The molecule has 1 aromatic carbocycles. The van der Waals surface area contributed by atoms with Crippen LogP contribution in [-0.2, 0) is 11.3 Å². The van der Waals surface area contributed by atoms with Crippen LogP contribution in [0.3, 0.4) is 0 Å². The molecule has 5 nitrogen and oxygen atoms in total. The first-order valence-corrected chi connectivity index (χ1v) is 8.22. The van der Waals surface area contributed by atoms with Crippen LogP contribution >= 0.6 is 0 Å². The summed E-state index contributed by atoms with van der Waals surface area (Å²) in [5.74, 6) is 0.647. The molecule has 0 amide bonds. The third-order valence-corrected chi connectivity index (χ3v) is 3.02. The summed E-state index contributed by atoms with van der Waals surface area (Å²) in [7, 11) is 0. The Labute approximate surface area is 138 Å². The lowest BCUT2D eigenvalue weighted by Gasteiger charge is -2.11. The van der Waals surface area contributed by atoms with Crippen molar-refractivity contribution in [2.45, 2.75) is 33.7 Å². The lowest BCUT2D eigenvalue weighted by Crippen LogP contribution is -2.38. The van der Waals surface area contributed by atoms with E-state index < -0.39 is 0 Å². The number of hydrogen-bond acceptors (Lipinski definition) is 3. The summed E-state index contributed by atoms with van der Waals surface area (Å²) < 4.78 is 24.3. The van der Waals surface area contributed by atoms with Gasteiger partial charge in [0.15, 0.2) is 17.5 Å². The Hall–Kier alpha value is -1.82. The second kappa shape index (κ2) is 11.7. The summed E-state index contributed by atoms with van der Waals surface area (Å²) in [5.41, 5.74) is 0.803. The molecule has 0 aromatic heterocycles. The van der Waals surface area contributed by atoms with E-state index in [1.165, 1.54) is 6.07 Å². The van der Waals surface area contributed by atoms with E-state index in [0.717, 1.165) is 44.2 Å². The number of nitrogens with zero attached hydrogens (tertiary/aromatic N) is 1. The predicted octanol–water partition coefficient (Wildman–Crippen LogP) is 2.71. The smallest absolute Gasteiger partial charge is 0.191 e. The minimum atomic E-state index is -0.353. The summed E-state index contributed by atoms with van der Waals surface area (Å²) >= 11 is 0. The molecule has 0 saturated heterocycles. The van der Waals surface area contributed by atoms with Crippen molar-refractivity contribution >= 4 is 5.96 Å². The molecule has 0 radical (unpaired) electrons. The minimum Gasteiger partial charge on any atom is -0.491 e. The van der Waals surface area contributed by atoms with E-state index in [4.69, 9.17) is 9.47 Å². The van der Waals surface area contributed by atoms with Gasteiger partial charge in [-0.2, -0.15) is 0 Å². The molecule has 0 fully saturated rings. The summed E-state index contributed by atoms with van der Waals surface area (Å²) in [6.07, 6.45) is 0.913. The maximum Gasteiger partial charge on any atom is 0.191 e. The SMILES string of the molecule is CCNC(=NCc1ccc(OCC)c(F)c1)NCCCOCC.